The van der Waals surface area contributed by atoms with Crippen molar-refractivity contribution in [1.82, 2.24) is 0 Å². The zero-order valence-corrected chi connectivity index (χ0v) is 11.5. The van der Waals surface area contributed by atoms with Gasteiger partial charge in [0.2, 0.25) is 0 Å². The highest BCUT2D eigenvalue weighted by Crippen LogP contribution is 2.24. The van der Waals surface area contributed by atoms with Crippen molar-refractivity contribution in [2.75, 3.05) is 27.4 Å². The number of aliphatic hydroxyl groups excluding tert-OH is 1. The highest BCUT2D eigenvalue weighted by Gasteiger charge is 2.10. The fraction of sp³-hybridized carbons (Fsp3) is 0.571. The van der Waals surface area contributed by atoms with Crippen LogP contribution in [0.3, 0.4) is 0 Å². The zero-order chi connectivity index (χ0) is 13.5. The van der Waals surface area contributed by atoms with Crippen molar-refractivity contribution in [2.24, 2.45) is 0 Å². The third-order valence-corrected chi connectivity index (χ3v) is 3.13. The van der Waals surface area contributed by atoms with Crippen LogP contribution in [0.4, 0.5) is 0 Å². The van der Waals surface area contributed by atoms with Gasteiger partial charge in [0.05, 0.1) is 0 Å². The fourth-order valence-corrected chi connectivity index (χ4v) is 1.79. The zero-order valence-electron chi connectivity index (χ0n) is 11.5. The smallest absolute Gasteiger partial charge is 0.191 e. The van der Waals surface area contributed by atoms with E-state index in [1.807, 2.05) is 26.0 Å². The molecule has 0 atom stereocenters. The maximum atomic E-state index is 8.98. The Morgan fingerprint density at radius 3 is 2.33 bits per heavy atom. The normalized spacial score (nSPS) is 11.0. The van der Waals surface area contributed by atoms with Gasteiger partial charge in [0, 0.05) is 20.8 Å². The van der Waals surface area contributed by atoms with Gasteiger partial charge < -0.3 is 19.3 Å². The predicted octanol–water partition coefficient (Wildman–Crippen LogP) is 1.84. The molecule has 0 spiro atoms. The topological polar surface area (TPSA) is 47.9 Å². The van der Waals surface area contributed by atoms with Crippen LogP contribution in [0, 0.1) is 13.8 Å². The molecule has 0 heterocycles. The molecule has 0 amide bonds. The summed E-state index contributed by atoms with van der Waals surface area (Å²) in [5.41, 5.74) is 3.40. The van der Waals surface area contributed by atoms with Gasteiger partial charge in [-0.2, -0.15) is 0 Å². The lowest BCUT2D eigenvalue weighted by Crippen LogP contribution is -2.22. The molecular weight excluding hydrogens is 232 g/mol. The minimum Gasteiger partial charge on any atom is -0.488 e. The Balaban J connectivity index is 2.75. The van der Waals surface area contributed by atoms with Crippen molar-refractivity contribution in [2.45, 2.75) is 26.6 Å². The molecule has 1 aromatic rings. The minimum atomic E-state index is -0.359. The van der Waals surface area contributed by atoms with Crippen molar-refractivity contribution in [3.8, 4) is 5.75 Å². The second-order valence-corrected chi connectivity index (χ2v) is 4.16. The van der Waals surface area contributed by atoms with Gasteiger partial charge in [0.25, 0.3) is 0 Å². The third kappa shape index (κ3) is 3.70. The summed E-state index contributed by atoms with van der Waals surface area (Å²) in [6, 6.07) is 3.91. The molecule has 0 unspecified atom stereocenters. The van der Waals surface area contributed by atoms with E-state index in [9.17, 15) is 0 Å². The Morgan fingerprint density at radius 1 is 1.11 bits per heavy atom. The highest BCUT2D eigenvalue weighted by molar-refractivity contribution is 5.43. The first-order valence-electron chi connectivity index (χ1n) is 6.02. The summed E-state index contributed by atoms with van der Waals surface area (Å²) in [5.74, 6) is 0.827. The second kappa shape index (κ2) is 7.36. The van der Waals surface area contributed by atoms with E-state index in [2.05, 4.69) is 0 Å². The molecule has 0 bridgehead atoms. The maximum Gasteiger partial charge on any atom is 0.191 e. The molecule has 0 fully saturated rings. The van der Waals surface area contributed by atoms with Crippen LogP contribution in [0.15, 0.2) is 12.1 Å². The predicted molar refractivity (Wildman–Crippen MR) is 70.0 cm³/mol. The number of methoxy groups -OCH3 is 2. The van der Waals surface area contributed by atoms with Crippen LogP contribution in [-0.4, -0.2) is 38.8 Å². The Bertz CT molecular complexity index is 372. The molecule has 0 saturated carbocycles. The van der Waals surface area contributed by atoms with E-state index in [-0.39, 0.29) is 12.9 Å². The SMILES string of the molecule is COC(COc1ccc(CCO)c(C)c1C)OC. The number of ether oxygens (including phenoxy) is 3. The van der Waals surface area contributed by atoms with Crippen molar-refractivity contribution < 1.29 is 19.3 Å². The largest absolute Gasteiger partial charge is 0.488 e. The minimum absolute atomic E-state index is 0.163. The van der Waals surface area contributed by atoms with Crippen LogP contribution in [0.1, 0.15) is 16.7 Å². The van der Waals surface area contributed by atoms with Crippen LogP contribution >= 0.6 is 0 Å². The monoisotopic (exact) mass is 254 g/mol. The quantitative estimate of drug-likeness (QED) is 0.754. The van der Waals surface area contributed by atoms with E-state index < -0.39 is 0 Å². The van der Waals surface area contributed by atoms with Gasteiger partial charge in [-0.1, -0.05) is 6.07 Å². The first kappa shape index (κ1) is 15.0. The molecule has 0 aliphatic heterocycles. The van der Waals surface area contributed by atoms with E-state index in [0.29, 0.717) is 13.0 Å². The van der Waals surface area contributed by atoms with Crippen molar-refractivity contribution in [1.29, 1.82) is 0 Å². The van der Waals surface area contributed by atoms with E-state index in [1.54, 1.807) is 14.2 Å². The Hall–Kier alpha value is -1.10. The van der Waals surface area contributed by atoms with E-state index in [4.69, 9.17) is 19.3 Å². The summed E-state index contributed by atoms with van der Waals surface area (Å²) >= 11 is 0. The van der Waals surface area contributed by atoms with Crippen molar-refractivity contribution in [3.63, 3.8) is 0 Å². The number of aliphatic hydroxyl groups is 1. The second-order valence-electron chi connectivity index (χ2n) is 4.16. The van der Waals surface area contributed by atoms with Gasteiger partial charge in [0.1, 0.15) is 12.4 Å². The lowest BCUT2D eigenvalue weighted by atomic mass is 10.0. The van der Waals surface area contributed by atoms with Gasteiger partial charge >= 0.3 is 0 Å². The lowest BCUT2D eigenvalue weighted by molar-refractivity contribution is -0.122. The molecule has 1 aromatic carbocycles. The average molecular weight is 254 g/mol. The molecule has 4 nitrogen and oxygen atoms in total. The van der Waals surface area contributed by atoms with Crippen LogP contribution in [0.25, 0.3) is 0 Å². The Kier molecular flexibility index (Phi) is 6.12. The number of hydrogen-bond donors (Lipinski definition) is 1. The molecular formula is C14H22O4. The van der Waals surface area contributed by atoms with E-state index in [0.717, 1.165) is 22.4 Å². The van der Waals surface area contributed by atoms with Gasteiger partial charge in [-0.3, -0.25) is 0 Å². The standard InChI is InChI=1S/C14H22O4/c1-10-11(2)13(6-5-12(10)7-8-15)18-9-14(16-3)17-4/h5-6,14-15H,7-9H2,1-4H3. The Labute approximate surface area is 108 Å². The van der Waals surface area contributed by atoms with E-state index >= 15 is 0 Å². The van der Waals surface area contributed by atoms with Gasteiger partial charge in [0.15, 0.2) is 6.29 Å². The maximum absolute atomic E-state index is 8.98. The van der Waals surface area contributed by atoms with Crippen molar-refractivity contribution >= 4 is 0 Å². The molecule has 0 aromatic heterocycles. The molecule has 4 heteroatoms. The molecule has 0 saturated heterocycles. The summed E-state index contributed by atoms with van der Waals surface area (Å²) in [7, 11) is 3.17. The van der Waals surface area contributed by atoms with Gasteiger partial charge in [-0.15, -0.1) is 0 Å². The van der Waals surface area contributed by atoms with Gasteiger partial charge in [-0.25, -0.2) is 0 Å². The Morgan fingerprint density at radius 2 is 1.78 bits per heavy atom. The first-order chi connectivity index (χ1) is 8.63. The summed E-state index contributed by atoms with van der Waals surface area (Å²) in [4.78, 5) is 0. The van der Waals surface area contributed by atoms with Crippen LogP contribution in [0.2, 0.25) is 0 Å². The molecule has 1 N–H and O–H groups in total. The van der Waals surface area contributed by atoms with Gasteiger partial charge in [-0.05, 0) is 43.0 Å². The summed E-state index contributed by atoms with van der Waals surface area (Å²) < 4.78 is 15.8. The van der Waals surface area contributed by atoms with Crippen molar-refractivity contribution in [3.05, 3.63) is 28.8 Å². The molecule has 0 radical (unpaired) electrons. The molecule has 0 aliphatic rings. The highest BCUT2D eigenvalue weighted by atomic mass is 16.7. The lowest BCUT2D eigenvalue weighted by Gasteiger charge is -2.17. The molecule has 102 valence electrons. The third-order valence-electron chi connectivity index (χ3n) is 3.13. The number of benzene rings is 1. The molecule has 18 heavy (non-hydrogen) atoms. The number of hydrogen-bond acceptors (Lipinski definition) is 4. The fourth-order valence-electron chi connectivity index (χ4n) is 1.79. The summed E-state index contributed by atoms with van der Waals surface area (Å²) in [6.07, 6.45) is 0.313. The van der Waals surface area contributed by atoms with Crippen LogP contribution in [-0.2, 0) is 15.9 Å². The summed E-state index contributed by atoms with van der Waals surface area (Å²) in [5, 5.41) is 8.98. The van der Waals surface area contributed by atoms with E-state index in [1.165, 1.54) is 0 Å². The first-order valence-corrected chi connectivity index (χ1v) is 6.02. The van der Waals surface area contributed by atoms with Crippen LogP contribution < -0.4 is 4.74 Å². The molecule has 0 aliphatic carbocycles. The average Bonchev–Trinajstić information content (AvgIpc) is 2.38. The number of rotatable bonds is 7. The summed E-state index contributed by atoms with van der Waals surface area (Å²) in [6.45, 7) is 4.57. The molecule has 1 rings (SSSR count). The van der Waals surface area contributed by atoms with Crippen LogP contribution in [0.5, 0.6) is 5.75 Å².